The molecule has 0 aliphatic carbocycles. The summed E-state index contributed by atoms with van der Waals surface area (Å²) < 4.78 is 22.7. The zero-order valence-electron chi connectivity index (χ0n) is 10.8. The van der Waals surface area contributed by atoms with Crippen LogP contribution in [0.1, 0.15) is 12.1 Å². The fourth-order valence-corrected chi connectivity index (χ4v) is 4.17. The summed E-state index contributed by atoms with van der Waals surface area (Å²) >= 11 is 0. The van der Waals surface area contributed by atoms with Crippen molar-refractivity contribution in [2.75, 3.05) is 11.5 Å². The minimum Gasteiger partial charge on any atom is -0.352 e. The summed E-state index contributed by atoms with van der Waals surface area (Å²) in [4.78, 5) is 12.0. The van der Waals surface area contributed by atoms with E-state index in [1.54, 1.807) is 0 Å². The molecule has 2 aromatic rings. The van der Waals surface area contributed by atoms with Crippen molar-refractivity contribution in [3.8, 4) is 0 Å². The summed E-state index contributed by atoms with van der Waals surface area (Å²) in [6, 6.07) is 7.29. The normalized spacial score (nSPS) is 21.1. The first-order valence-corrected chi connectivity index (χ1v) is 8.27. The zero-order chi connectivity index (χ0) is 14.2. The van der Waals surface area contributed by atoms with Crippen molar-refractivity contribution >= 4 is 26.6 Å². The molecular formula is C13H15N3O3S. The van der Waals surface area contributed by atoms with Crippen LogP contribution < -0.4 is 5.32 Å². The number of aromatic nitrogens is 2. The number of para-hydroxylation sites is 1. The van der Waals surface area contributed by atoms with Crippen molar-refractivity contribution < 1.29 is 13.2 Å². The van der Waals surface area contributed by atoms with Crippen LogP contribution in [0.5, 0.6) is 0 Å². The lowest BCUT2D eigenvalue weighted by Gasteiger charge is -2.10. The summed E-state index contributed by atoms with van der Waals surface area (Å²) in [6.07, 6.45) is 0.675. The number of sulfone groups is 1. The lowest BCUT2D eigenvalue weighted by molar-refractivity contribution is -0.121. The highest BCUT2D eigenvalue weighted by Crippen LogP contribution is 2.16. The van der Waals surface area contributed by atoms with E-state index >= 15 is 0 Å². The van der Waals surface area contributed by atoms with E-state index in [0.29, 0.717) is 6.42 Å². The first-order valence-electron chi connectivity index (χ1n) is 6.45. The molecule has 1 aliphatic heterocycles. The standard InChI is InChI=1S/C13H15N3O3S/c17-13(14-9-5-6-20(18,19)8-9)7-12-10-3-1-2-4-11(10)15-16-12/h1-4,9H,5-8H2,(H,14,17)(H,15,16). The number of nitrogens with one attached hydrogen (secondary N) is 2. The second-order valence-corrected chi connectivity index (χ2v) is 7.29. The number of hydrogen-bond acceptors (Lipinski definition) is 4. The predicted octanol–water partition coefficient (Wildman–Crippen LogP) is 0.409. The Hall–Kier alpha value is -1.89. The van der Waals surface area contributed by atoms with Crippen molar-refractivity contribution in [1.82, 2.24) is 15.5 Å². The van der Waals surface area contributed by atoms with Gasteiger partial charge in [0, 0.05) is 11.4 Å². The largest absolute Gasteiger partial charge is 0.352 e. The van der Waals surface area contributed by atoms with E-state index in [0.717, 1.165) is 16.6 Å². The van der Waals surface area contributed by atoms with Crippen molar-refractivity contribution in [3.05, 3.63) is 30.0 Å². The Balaban J connectivity index is 1.67. The van der Waals surface area contributed by atoms with E-state index in [-0.39, 0.29) is 29.9 Å². The minimum atomic E-state index is -2.97. The molecule has 1 saturated heterocycles. The Morgan fingerprint density at radius 3 is 2.95 bits per heavy atom. The number of fused-ring (bicyclic) bond motifs is 1. The van der Waals surface area contributed by atoms with Crippen LogP contribution in [-0.4, -0.2) is 42.1 Å². The van der Waals surface area contributed by atoms with Gasteiger partial charge in [0.15, 0.2) is 9.84 Å². The number of nitrogens with zero attached hydrogens (tertiary/aromatic N) is 1. The summed E-state index contributed by atoms with van der Waals surface area (Å²) in [5.41, 5.74) is 1.57. The number of amides is 1. The zero-order valence-corrected chi connectivity index (χ0v) is 11.6. The van der Waals surface area contributed by atoms with E-state index in [2.05, 4.69) is 15.5 Å². The fourth-order valence-electron chi connectivity index (χ4n) is 2.50. The molecular weight excluding hydrogens is 278 g/mol. The Bertz CT molecular complexity index is 751. The molecule has 106 valence electrons. The van der Waals surface area contributed by atoms with Gasteiger partial charge in [-0.2, -0.15) is 5.10 Å². The molecule has 1 unspecified atom stereocenters. The van der Waals surface area contributed by atoms with Gasteiger partial charge in [-0.25, -0.2) is 8.42 Å². The van der Waals surface area contributed by atoms with Gasteiger partial charge in [-0.1, -0.05) is 18.2 Å². The van der Waals surface area contributed by atoms with Gasteiger partial charge in [0.2, 0.25) is 5.91 Å². The number of carbonyl (C=O) groups is 1. The molecule has 7 heteroatoms. The van der Waals surface area contributed by atoms with E-state index in [9.17, 15) is 13.2 Å². The van der Waals surface area contributed by atoms with Gasteiger partial charge < -0.3 is 5.32 Å². The topological polar surface area (TPSA) is 91.9 Å². The first-order chi connectivity index (χ1) is 9.53. The second kappa shape index (κ2) is 4.90. The van der Waals surface area contributed by atoms with Crippen molar-refractivity contribution in [3.63, 3.8) is 0 Å². The molecule has 2 heterocycles. The number of aromatic amines is 1. The molecule has 1 amide bonds. The SMILES string of the molecule is O=C(Cc1[nH]nc2ccccc12)NC1CCS(=O)(=O)C1. The number of hydrogen-bond donors (Lipinski definition) is 2. The molecule has 20 heavy (non-hydrogen) atoms. The molecule has 0 bridgehead atoms. The maximum Gasteiger partial charge on any atom is 0.226 e. The van der Waals surface area contributed by atoms with Crippen LogP contribution in [0.2, 0.25) is 0 Å². The molecule has 0 saturated carbocycles. The van der Waals surface area contributed by atoms with Gasteiger partial charge in [0.05, 0.1) is 29.1 Å². The van der Waals surface area contributed by atoms with Crippen LogP contribution in [0, 0.1) is 0 Å². The monoisotopic (exact) mass is 293 g/mol. The van der Waals surface area contributed by atoms with Crippen molar-refractivity contribution in [2.45, 2.75) is 18.9 Å². The van der Waals surface area contributed by atoms with E-state index in [1.807, 2.05) is 24.3 Å². The smallest absolute Gasteiger partial charge is 0.226 e. The molecule has 6 nitrogen and oxygen atoms in total. The lowest BCUT2D eigenvalue weighted by atomic mass is 10.1. The van der Waals surface area contributed by atoms with Crippen LogP contribution in [0.25, 0.3) is 10.9 Å². The Morgan fingerprint density at radius 1 is 1.40 bits per heavy atom. The van der Waals surface area contributed by atoms with Crippen molar-refractivity contribution in [1.29, 1.82) is 0 Å². The molecule has 1 atom stereocenters. The highest BCUT2D eigenvalue weighted by Gasteiger charge is 2.28. The van der Waals surface area contributed by atoms with Gasteiger partial charge in [-0.15, -0.1) is 0 Å². The Labute approximate surface area is 116 Å². The van der Waals surface area contributed by atoms with Crippen LogP contribution in [0.3, 0.4) is 0 Å². The molecule has 2 N–H and O–H groups in total. The van der Waals surface area contributed by atoms with Gasteiger partial charge in [-0.05, 0) is 12.5 Å². The Kier molecular flexibility index (Phi) is 3.21. The third kappa shape index (κ3) is 2.67. The number of H-pyrrole nitrogens is 1. The molecule has 1 fully saturated rings. The molecule has 0 radical (unpaired) electrons. The average Bonchev–Trinajstić information content (AvgIpc) is 2.94. The minimum absolute atomic E-state index is 0.0441. The number of carbonyl (C=O) groups excluding carboxylic acids is 1. The van der Waals surface area contributed by atoms with Gasteiger partial charge in [-0.3, -0.25) is 9.89 Å². The molecule has 1 aliphatic rings. The molecule has 0 spiro atoms. The summed E-state index contributed by atoms with van der Waals surface area (Å²) in [5, 5.41) is 10.7. The maximum absolute atomic E-state index is 12.0. The van der Waals surface area contributed by atoms with Crippen LogP contribution >= 0.6 is 0 Å². The quantitative estimate of drug-likeness (QED) is 0.857. The summed E-state index contributed by atoms with van der Waals surface area (Å²) in [7, 11) is -2.97. The molecule has 1 aromatic carbocycles. The van der Waals surface area contributed by atoms with E-state index in [1.165, 1.54) is 0 Å². The van der Waals surface area contributed by atoms with E-state index in [4.69, 9.17) is 0 Å². The lowest BCUT2D eigenvalue weighted by Crippen LogP contribution is -2.36. The molecule has 3 rings (SSSR count). The second-order valence-electron chi connectivity index (χ2n) is 5.06. The van der Waals surface area contributed by atoms with Crippen LogP contribution in [0.4, 0.5) is 0 Å². The Morgan fingerprint density at radius 2 is 2.20 bits per heavy atom. The predicted molar refractivity (Wildman–Crippen MR) is 75.0 cm³/mol. The number of rotatable bonds is 3. The maximum atomic E-state index is 12.0. The molecule has 1 aromatic heterocycles. The van der Waals surface area contributed by atoms with E-state index < -0.39 is 9.84 Å². The first kappa shape index (κ1) is 13.1. The van der Waals surface area contributed by atoms with Gasteiger partial charge in [0.25, 0.3) is 0 Å². The van der Waals surface area contributed by atoms with Gasteiger partial charge >= 0.3 is 0 Å². The highest BCUT2D eigenvalue weighted by molar-refractivity contribution is 7.91. The third-order valence-electron chi connectivity index (χ3n) is 3.48. The summed E-state index contributed by atoms with van der Waals surface area (Å²) in [5.74, 6) is 0.0226. The fraction of sp³-hybridized carbons (Fsp3) is 0.385. The average molecular weight is 293 g/mol. The highest BCUT2D eigenvalue weighted by atomic mass is 32.2. The summed E-state index contributed by atoms with van der Waals surface area (Å²) in [6.45, 7) is 0. The van der Waals surface area contributed by atoms with Gasteiger partial charge in [0.1, 0.15) is 0 Å². The van der Waals surface area contributed by atoms with Crippen LogP contribution in [0.15, 0.2) is 24.3 Å². The van der Waals surface area contributed by atoms with Crippen molar-refractivity contribution in [2.24, 2.45) is 0 Å². The van der Waals surface area contributed by atoms with Crippen LogP contribution in [-0.2, 0) is 21.1 Å². The number of benzene rings is 1. The third-order valence-corrected chi connectivity index (χ3v) is 5.24.